The number of hydrogen-bond acceptors (Lipinski definition) is 5. The first-order valence-electron chi connectivity index (χ1n) is 5.87. The third-order valence-electron chi connectivity index (χ3n) is 3.48. The van der Waals surface area contributed by atoms with Gasteiger partial charge in [0.15, 0.2) is 0 Å². The van der Waals surface area contributed by atoms with E-state index in [9.17, 15) is 20.4 Å². The Morgan fingerprint density at radius 1 is 1.22 bits per heavy atom. The summed E-state index contributed by atoms with van der Waals surface area (Å²) in [5.41, 5.74) is 0.235. The summed E-state index contributed by atoms with van der Waals surface area (Å²) in [6.07, 6.45) is -3.87. The number of ether oxygens (including phenoxy) is 1. The number of hydrogen-bond donors (Lipinski definition) is 4. The number of rotatable bonds is 2. The van der Waals surface area contributed by atoms with Crippen LogP contribution in [0.15, 0.2) is 24.3 Å². The molecule has 1 aliphatic heterocycles. The van der Waals surface area contributed by atoms with Crippen molar-refractivity contribution in [1.29, 1.82) is 0 Å². The maximum absolute atomic E-state index is 10.1. The first-order valence-corrected chi connectivity index (χ1v) is 5.87. The van der Waals surface area contributed by atoms with Crippen LogP contribution in [-0.2, 0) is 10.3 Å². The Morgan fingerprint density at radius 3 is 2.39 bits per heavy atom. The topological polar surface area (TPSA) is 90.2 Å². The highest BCUT2D eigenvalue weighted by atomic mass is 16.5. The fraction of sp³-hybridized carbons (Fsp3) is 0.538. The summed E-state index contributed by atoms with van der Waals surface area (Å²) >= 11 is 0. The lowest BCUT2D eigenvalue weighted by Crippen LogP contribution is -2.60. The largest absolute Gasteiger partial charge is 0.393 e. The van der Waals surface area contributed by atoms with Gasteiger partial charge in [0.05, 0.1) is 13.2 Å². The second-order valence-corrected chi connectivity index (χ2v) is 4.73. The molecule has 0 radical (unpaired) electrons. The minimum atomic E-state index is -1.38. The molecule has 4 atom stereocenters. The molecule has 0 aromatic heterocycles. The first kappa shape index (κ1) is 13.5. The summed E-state index contributed by atoms with van der Waals surface area (Å²) in [6.45, 7) is 1.32. The predicted octanol–water partition coefficient (Wildman–Crippen LogP) is -0.704. The summed E-state index contributed by atoms with van der Waals surface area (Å²) in [5, 5.41) is 38.8. The lowest BCUT2D eigenvalue weighted by atomic mass is 9.82. The van der Waals surface area contributed by atoms with Crippen LogP contribution in [0.2, 0.25) is 0 Å². The molecule has 5 nitrogen and oxygen atoms in total. The average molecular weight is 254 g/mol. The quantitative estimate of drug-likeness (QED) is 0.560. The van der Waals surface area contributed by atoms with Crippen molar-refractivity contribution in [3.63, 3.8) is 0 Å². The van der Waals surface area contributed by atoms with Gasteiger partial charge in [-0.1, -0.05) is 29.8 Å². The van der Waals surface area contributed by atoms with Crippen molar-refractivity contribution in [3.05, 3.63) is 35.4 Å². The molecular weight excluding hydrogens is 236 g/mol. The smallest absolute Gasteiger partial charge is 0.144 e. The van der Waals surface area contributed by atoms with E-state index in [-0.39, 0.29) is 6.61 Å². The van der Waals surface area contributed by atoms with E-state index in [1.54, 1.807) is 12.1 Å². The molecule has 0 saturated carbocycles. The van der Waals surface area contributed by atoms with Gasteiger partial charge >= 0.3 is 0 Å². The minimum Gasteiger partial charge on any atom is -0.393 e. The summed E-state index contributed by atoms with van der Waals surface area (Å²) in [4.78, 5) is 0. The van der Waals surface area contributed by atoms with Crippen LogP contribution in [0, 0.1) is 6.92 Å². The van der Waals surface area contributed by atoms with Gasteiger partial charge in [-0.15, -0.1) is 0 Å². The highest BCUT2D eigenvalue weighted by Gasteiger charge is 2.50. The van der Waals surface area contributed by atoms with Gasteiger partial charge in [-0.2, -0.15) is 0 Å². The van der Waals surface area contributed by atoms with Crippen LogP contribution in [0.3, 0.4) is 0 Å². The summed E-state index contributed by atoms with van der Waals surface area (Å²) in [6, 6.07) is 7.14. The zero-order valence-corrected chi connectivity index (χ0v) is 10.2. The average Bonchev–Trinajstić information content (AvgIpc) is 2.38. The molecule has 1 fully saturated rings. The molecule has 4 N–H and O–H groups in total. The van der Waals surface area contributed by atoms with Crippen LogP contribution in [0.25, 0.3) is 0 Å². The number of benzene rings is 1. The van der Waals surface area contributed by atoms with Gasteiger partial charge in [-0.3, -0.25) is 0 Å². The van der Waals surface area contributed by atoms with Gasteiger partial charge in [0.2, 0.25) is 0 Å². The van der Waals surface area contributed by atoms with Gasteiger partial charge in [0, 0.05) is 0 Å². The van der Waals surface area contributed by atoms with E-state index in [0.717, 1.165) is 5.56 Å². The molecule has 5 heteroatoms. The molecule has 1 aliphatic rings. The standard InChI is InChI=1S/C13H18O5/c1-8-2-4-9(5-3-8)13(7-14)12(17)11(16)10(15)6-18-13/h2-5,10-12,14-17H,6-7H2,1H3/t10-,11-,12-,13+/m1/s1. The molecule has 1 saturated heterocycles. The third-order valence-corrected chi connectivity index (χ3v) is 3.48. The van der Waals surface area contributed by atoms with E-state index < -0.39 is 30.5 Å². The Kier molecular flexibility index (Phi) is 3.70. The molecule has 18 heavy (non-hydrogen) atoms. The van der Waals surface area contributed by atoms with E-state index in [1.165, 1.54) is 0 Å². The van der Waals surface area contributed by atoms with Crippen LogP contribution in [0.1, 0.15) is 11.1 Å². The molecule has 1 heterocycles. The summed E-state index contributed by atoms with van der Waals surface area (Å²) in [5.74, 6) is 0. The zero-order valence-electron chi connectivity index (χ0n) is 10.2. The van der Waals surface area contributed by atoms with Gasteiger partial charge in [0.25, 0.3) is 0 Å². The van der Waals surface area contributed by atoms with E-state index in [0.29, 0.717) is 5.56 Å². The van der Waals surface area contributed by atoms with Crippen molar-refractivity contribution in [2.75, 3.05) is 13.2 Å². The van der Waals surface area contributed by atoms with Crippen molar-refractivity contribution in [2.45, 2.75) is 30.8 Å². The van der Waals surface area contributed by atoms with E-state index in [4.69, 9.17) is 4.74 Å². The van der Waals surface area contributed by atoms with Crippen molar-refractivity contribution >= 4 is 0 Å². The highest BCUT2D eigenvalue weighted by Crippen LogP contribution is 2.35. The third kappa shape index (κ3) is 2.04. The second kappa shape index (κ2) is 4.95. The molecule has 0 unspecified atom stereocenters. The SMILES string of the molecule is Cc1ccc([C@]2(CO)OC[C@@H](O)[C@@H](O)[C@H]2O)cc1. The van der Waals surface area contributed by atoms with Crippen molar-refractivity contribution < 1.29 is 25.2 Å². The van der Waals surface area contributed by atoms with Gasteiger partial charge in [-0.05, 0) is 12.5 Å². The molecule has 1 aromatic rings. The predicted molar refractivity (Wildman–Crippen MR) is 63.9 cm³/mol. The molecule has 1 aromatic carbocycles. The van der Waals surface area contributed by atoms with E-state index in [2.05, 4.69) is 0 Å². The molecule has 0 spiro atoms. The fourth-order valence-electron chi connectivity index (χ4n) is 2.22. The van der Waals surface area contributed by atoms with Crippen LogP contribution in [0.4, 0.5) is 0 Å². The number of aryl methyl sites for hydroxylation is 1. The van der Waals surface area contributed by atoms with E-state index in [1.807, 2.05) is 19.1 Å². The normalized spacial score (nSPS) is 36.6. The van der Waals surface area contributed by atoms with Crippen molar-refractivity contribution in [1.82, 2.24) is 0 Å². The number of aliphatic hydroxyl groups excluding tert-OH is 4. The maximum atomic E-state index is 10.1. The van der Waals surface area contributed by atoms with Crippen molar-refractivity contribution in [3.8, 4) is 0 Å². The molecule has 0 bridgehead atoms. The molecule has 0 aliphatic carbocycles. The van der Waals surface area contributed by atoms with E-state index >= 15 is 0 Å². The number of aliphatic hydroxyl groups is 4. The van der Waals surface area contributed by atoms with Crippen LogP contribution in [0.5, 0.6) is 0 Å². The summed E-state index contributed by atoms with van der Waals surface area (Å²) in [7, 11) is 0. The second-order valence-electron chi connectivity index (χ2n) is 4.73. The minimum absolute atomic E-state index is 0.132. The Morgan fingerprint density at radius 2 is 1.83 bits per heavy atom. The highest BCUT2D eigenvalue weighted by molar-refractivity contribution is 5.29. The lowest BCUT2D eigenvalue weighted by Gasteiger charge is -2.44. The van der Waals surface area contributed by atoms with Crippen LogP contribution in [-0.4, -0.2) is 52.0 Å². The molecule has 2 rings (SSSR count). The molecular formula is C13H18O5. The fourth-order valence-corrected chi connectivity index (χ4v) is 2.22. The monoisotopic (exact) mass is 254 g/mol. The Hall–Kier alpha value is -0.980. The lowest BCUT2D eigenvalue weighted by molar-refractivity contribution is -0.252. The Balaban J connectivity index is 2.38. The summed E-state index contributed by atoms with van der Waals surface area (Å²) < 4.78 is 5.43. The van der Waals surface area contributed by atoms with Crippen molar-refractivity contribution in [2.24, 2.45) is 0 Å². The Bertz CT molecular complexity index is 404. The first-order chi connectivity index (χ1) is 8.51. The van der Waals surface area contributed by atoms with Gasteiger partial charge in [-0.25, -0.2) is 0 Å². The molecule has 100 valence electrons. The Labute approximate surface area is 105 Å². The van der Waals surface area contributed by atoms with Crippen LogP contribution < -0.4 is 0 Å². The van der Waals surface area contributed by atoms with Gasteiger partial charge < -0.3 is 25.2 Å². The maximum Gasteiger partial charge on any atom is 0.144 e. The van der Waals surface area contributed by atoms with Crippen LogP contribution >= 0.6 is 0 Å². The zero-order chi connectivity index (χ0) is 13.3. The molecule has 0 amide bonds. The van der Waals surface area contributed by atoms with Gasteiger partial charge in [0.1, 0.15) is 23.9 Å².